The van der Waals surface area contributed by atoms with Crippen LogP contribution in [0.15, 0.2) is 18.2 Å². The van der Waals surface area contributed by atoms with E-state index in [1.165, 1.54) is 23.1 Å². The molecule has 0 saturated carbocycles. The van der Waals surface area contributed by atoms with Gasteiger partial charge in [0, 0.05) is 12.1 Å². The van der Waals surface area contributed by atoms with E-state index < -0.39 is 0 Å². The minimum Gasteiger partial charge on any atom is -0.378 e. The van der Waals surface area contributed by atoms with Crippen LogP contribution in [0.4, 0.5) is 0 Å². The Kier molecular flexibility index (Phi) is 3.55. The Bertz CT molecular complexity index is 392. The molecule has 1 saturated heterocycles. The van der Waals surface area contributed by atoms with Crippen molar-refractivity contribution >= 4 is 0 Å². The fourth-order valence-electron chi connectivity index (χ4n) is 2.49. The molecule has 2 atom stereocenters. The van der Waals surface area contributed by atoms with Crippen LogP contribution in [0.3, 0.4) is 0 Å². The van der Waals surface area contributed by atoms with Crippen molar-refractivity contribution in [2.45, 2.75) is 51.7 Å². The van der Waals surface area contributed by atoms with Gasteiger partial charge in [-0.15, -0.1) is 0 Å². The van der Waals surface area contributed by atoms with E-state index in [1.54, 1.807) is 0 Å². The summed E-state index contributed by atoms with van der Waals surface area (Å²) in [5.74, 6) is 0. The molecule has 2 rings (SSSR count). The van der Waals surface area contributed by atoms with Crippen molar-refractivity contribution < 1.29 is 4.74 Å². The van der Waals surface area contributed by atoms with Gasteiger partial charge >= 0.3 is 0 Å². The van der Waals surface area contributed by atoms with Crippen LogP contribution in [0.5, 0.6) is 0 Å². The summed E-state index contributed by atoms with van der Waals surface area (Å²) in [7, 11) is 0. The Morgan fingerprint density at radius 1 is 1.35 bits per heavy atom. The van der Waals surface area contributed by atoms with Crippen molar-refractivity contribution in [1.29, 1.82) is 0 Å². The molecule has 0 aliphatic carbocycles. The molecular formula is C15H23NO. The van der Waals surface area contributed by atoms with E-state index in [1.807, 2.05) is 0 Å². The lowest BCUT2D eigenvalue weighted by Gasteiger charge is -2.28. The van der Waals surface area contributed by atoms with Gasteiger partial charge in [-0.3, -0.25) is 0 Å². The van der Waals surface area contributed by atoms with E-state index in [0.717, 1.165) is 19.4 Å². The van der Waals surface area contributed by atoms with E-state index in [4.69, 9.17) is 10.5 Å². The molecule has 1 aromatic carbocycles. The van der Waals surface area contributed by atoms with E-state index in [2.05, 4.69) is 39.0 Å². The summed E-state index contributed by atoms with van der Waals surface area (Å²) >= 11 is 0. The van der Waals surface area contributed by atoms with Gasteiger partial charge in [-0.2, -0.15) is 0 Å². The van der Waals surface area contributed by atoms with Crippen LogP contribution in [0.1, 0.15) is 42.9 Å². The first-order valence-corrected chi connectivity index (χ1v) is 6.47. The summed E-state index contributed by atoms with van der Waals surface area (Å²) in [5, 5.41) is 0. The van der Waals surface area contributed by atoms with Crippen molar-refractivity contribution in [3.8, 4) is 0 Å². The van der Waals surface area contributed by atoms with Gasteiger partial charge in [0.05, 0.1) is 6.10 Å². The molecule has 94 valence electrons. The highest BCUT2D eigenvalue weighted by Crippen LogP contribution is 2.29. The zero-order valence-electron chi connectivity index (χ0n) is 11.1. The summed E-state index contributed by atoms with van der Waals surface area (Å²) in [6, 6.07) is 6.52. The number of benzene rings is 1. The number of hydrogen-bond acceptors (Lipinski definition) is 2. The van der Waals surface area contributed by atoms with Crippen LogP contribution in [-0.4, -0.2) is 12.7 Å². The lowest BCUT2D eigenvalue weighted by atomic mass is 9.85. The lowest BCUT2D eigenvalue weighted by Crippen LogP contribution is -2.36. The lowest BCUT2D eigenvalue weighted by molar-refractivity contribution is 0.0856. The van der Waals surface area contributed by atoms with Gasteiger partial charge in [0.2, 0.25) is 0 Å². The molecule has 2 nitrogen and oxygen atoms in total. The van der Waals surface area contributed by atoms with Gasteiger partial charge < -0.3 is 10.5 Å². The van der Waals surface area contributed by atoms with E-state index in [-0.39, 0.29) is 5.54 Å². The molecule has 1 fully saturated rings. The molecule has 2 N–H and O–H groups in total. The number of rotatable bonds is 3. The Hall–Kier alpha value is -0.860. The van der Waals surface area contributed by atoms with Crippen molar-refractivity contribution in [2.24, 2.45) is 5.73 Å². The Morgan fingerprint density at radius 3 is 2.71 bits per heavy atom. The topological polar surface area (TPSA) is 35.2 Å². The van der Waals surface area contributed by atoms with Crippen molar-refractivity contribution in [3.63, 3.8) is 0 Å². The molecule has 0 aromatic heterocycles. The second kappa shape index (κ2) is 4.79. The molecule has 17 heavy (non-hydrogen) atoms. The summed E-state index contributed by atoms with van der Waals surface area (Å²) in [6.07, 6.45) is 3.58. The van der Waals surface area contributed by atoms with Gasteiger partial charge in [-0.25, -0.2) is 0 Å². The average Bonchev–Trinajstić information content (AvgIpc) is 2.73. The molecule has 0 radical (unpaired) electrons. The van der Waals surface area contributed by atoms with Crippen LogP contribution >= 0.6 is 0 Å². The molecule has 1 aromatic rings. The molecule has 2 unspecified atom stereocenters. The Balaban J connectivity index is 2.14. The van der Waals surface area contributed by atoms with Gasteiger partial charge in [0.25, 0.3) is 0 Å². The minimum atomic E-state index is -0.284. The Morgan fingerprint density at radius 2 is 2.12 bits per heavy atom. The third kappa shape index (κ3) is 2.88. The second-order valence-corrected chi connectivity index (χ2v) is 5.56. The zero-order valence-corrected chi connectivity index (χ0v) is 11.1. The van der Waals surface area contributed by atoms with Gasteiger partial charge in [-0.05, 0) is 56.7 Å². The SMILES string of the molecule is Cc1ccc(C(C)(N)CC2CCCO2)cc1C. The van der Waals surface area contributed by atoms with Crippen molar-refractivity contribution in [2.75, 3.05) is 6.61 Å². The molecule has 0 spiro atoms. The van der Waals surface area contributed by atoms with Crippen LogP contribution in [-0.2, 0) is 10.3 Å². The predicted octanol–water partition coefficient (Wildman–Crippen LogP) is 3.05. The Labute approximate surface area is 104 Å². The number of hydrogen-bond donors (Lipinski definition) is 1. The molecule has 2 heteroatoms. The molecule has 1 aliphatic rings. The highest BCUT2D eigenvalue weighted by atomic mass is 16.5. The van der Waals surface area contributed by atoms with E-state index in [0.29, 0.717) is 6.10 Å². The molecule has 1 heterocycles. The van der Waals surface area contributed by atoms with Crippen LogP contribution in [0, 0.1) is 13.8 Å². The largest absolute Gasteiger partial charge is 0.378 e. The maximum atomic E-state index is 6.46. The summed E-state index contributed by atoms with van der Waals surface area (Å²) in [4.78, 5) is 0. The predicted molar refractivity (Wildman–Crippen MR) is 71.0 cm³/mol. The minimum absolute atomic E-state index is 0.284. The molecule has 1 aliphatic heterocycles. The van der Waals surface area contributed by atoms with E-state index >= 15 is 0 Å². The maximum Gasteiger partial charge on any atom is 0.0596 e. The van der Waals surface area contributed by atoms with Crippen LogP contribution < -0.4 is 5.73 Å². The van der Waals surface area contributed by atoms with Crippen LogP contribution in [0.25, 0.3) is 0 Å². The first-order valence-electron chi connectivity index (χ1n) is 6.47. The third-order valence-electron chi connectivity index (χ3n) is 3.84. The van der Waals surface area contributed by atoms with Crippen LogP contribution in [0.2, 0.25) is 0 Å². The number of ether oxygens (including phenoxy) is 1. The second-order valence-electron chi connectivity index (χ2n) is 5.56. The smallest absolute Gasteiger partial charge is 0.0596 e. The monoisotopic (exact) mass is 233 g/mol. The molecule has 0 bridgehead atoms. The normalized spacial score (nSPS) is 23.6. The highest BCUT2D eigenvalue weighted by molar-refractivity contribution is 5.33. The maximum absolute atomic E-state index is 6.46. The van der Waals surface area contributed by atoms with Gasteiger partial charge in [0.1, 0.15) is 0 Å². The zero-order chi connectivity index (χ0) is 12.5. The van der Waals surface area contributed by atoms with Gasteiger partial charge in [-0.1, -0.05) is 18.2 Å². The standard InChI is InChI=1S/C15H23NO/c1-11-6-7-13(9-12(11)2)15(3,16)10-14-5-4-8-17-14/h6-7,9,14H,4-5,8,10,16H2,1-3H3. The summed E-state index contributed by atoms with van der Waals surface area (Å²) < 4.78 is 5.68. The fraction of sp³-hybridized carbons (Fsp3) is 0.600. The molecular weight excluding hydrogens is 210 g/mol. The van der Waals surface area contributed by atoms with Crippen molar-refractivity contribution in [3.05, 3.63) is 34.9 Å². The van der Waals surface area contributed by atoms with Crippen molar-refractivity contribution in [1.82, 2.24) is 0 Å². The average molecular weight is 233 g/mol. The first kappa shape index (κ1) is 12.6. The molecule has 0 amide bonds. The number of aryl methyl sites for hydroxylation is 2. The number of nitrogens with two attached hydrogens (primary N) is 1. The van der Waals surface area contributed by atoms with Gasteiger partial charge in [0.15, 0.2) is 0 Å². The first-order chi connectivity index (χ1) is 7.99. The summed E-state index contributed by atoms with van der Waals surface area (Å²) in [5.41, 5.74) is 10.0. The third-order valence-corrected chi connectivity index (χ3v) is 3.84. The summed E-state index contributed by atoms with van der Waals surface area (Å²) in [6.45, 7) is 7.28. The van der Waals surface area contributed by atoms with E-state index in [9.17, 15) is 0 Å². The fourth-order valence-corrected chi connectivity index (χ4v) is 2.49. The highest BCUT2D eigenvalue weighted by Gasteiger charge is 2.28. The quantitative estimate of drug-likeness (QED) is 0.871.